The van der Waals surface area contributed by atoms with E-state index in [0.717, 1.165) is 5.69 Å². The van der Waals surface area contributed by atoms with Crippen LogP contribution in [0.1, 0.15) is 18.4 Å². The number of ether oxygens (including phenoxy) is 1. The summed E-state index contributed by atoms with van der Waals surface area (Å²) in [5, 5.41) is 10.1. The van der Waals surface area contributed by atoms with E-state index >= 15 is 0 Å². The minimum absolute atomic E-state index is 0.112. The molecule has 0 aliphatic rings. The monoisotopic (exact) mass is 315 g/mol. The van der Waals surface area contributed by atoms with Crippen LogP contribution in [0.4, 0.5) is 0 Å². The second-order valence-corrected chi connectivity index (χ2v) is 5.10. The highest BCUT2D eigenvalue weighted by Gasteiger charge is 2.12. The molecule has 2 heterocycles. The second kappa shape index (κ2) is 7.43. The number of aromatic nitrogens is 2. The molecule has 0 aliphatic carbocycles. The first-order valence-electron chi connectivity index (χ1n) is 6.48. The van der Waals surface area contributed by atoms with E-state index in [1.54, 1.807) is 37.4 Å². The molecular weight excluding hydrogens is 302 g/mol. The molecule has 7 heteroatoms. The zero-order chi connectivity index (χ0) is 15.9. The van der Waals surface area contributed by atoms with Crippen molar-refractivity contribution in [2.24, 2.45) is 0 Å². The molecule has 0 aromatic carbocycles. The van der Waals surface area contributed by atoms with Crippen LogP contribution in [0, 0.1) is 18.3 Å². The van der Waals surface area contributed by atoms with Gasteiger partial charge in [0.2, 0.25) is 0 Å². The molecule has 0 radical (unpaired) electrons. The van der Waals surface area contributed by atoms with Crippen LogP contribution in [-0.2, 0) is 9.53 Å². The van der Waals surface area contributed by atoms with Gasteiger partial charge in [-0.05, 0) is 43.8 Å². The van der Waals surface area contributed by atoms with E-state index in [4.69, 9.17) is 14.4 Å². The number of nitrogens with zero attached hydrogens (tertiary/aromatic N) is 3. The molecule has 0 atom stereocenters. The van der Waals surface area contributed by atoms with Gasteiger partial charge in [0.25, 0.3) is 0 Å². The van der Waals surface area contributed by atoms with Gasteiger partial charge < -0.3 is 9.15 Å². The number of hydrogen-bond acceptors (Lipinski definition) is 7. The zero-order valence-electron chi connectivity index (χ0n) is 12.1. The van der Waals surface area contributed by atoms with Crippen molar-refractivity contribution in [2.75, 3.05) is 6.61 Å². The Morgan fingerprint density at radius 3 is 3.00 bits per heavy atom. The third-order valence-corrected chi connectivity index (χ3v) is 3.27. The Labute approximate surface area is 131 Å². The molecule has 0 amide bonds. The topological polar surface area (TPSA) is 89.0 Å². The summed E-state index contributed by atoms with van der Waals surface area (Å²) in [6, 6.07) is 6.99. The number of nitriles is 1. The fraction of sp³-hybridized carbons (Fsp3) is 0.200. The van der Waals surface area contributed by atoms with Crippen LogP contribution in [0.2, 0.25) is 0 Å². The maximum absolute atomic E-state index is 11.5. The number of furan rings is 1. The Bertz CT molecular complexity index is 746. The summed E-state index contributed by atoms with van der Waals surface area (Å²) in [5.74, 6) is -0.280. The summed E-state index contributed by atoms with van der Waals surface area (Å²) in [6.07, 6.45) is 3.02. The van der Waals surface area contributed by atoms with Gasteiger partial charge in [-0.25, -0.2) is 14.8 Å². The van der Waals surface area contributed by atoms with Crippen LogP contribution in [0.25, 0.3) is 6.08 Å². The van der Waals surface area contributed by atoms with Gasteiger partial charge >= 0.3 is 5.97 Å². The normalized spacial score (nSPS) is 11.0. The summed E-state index contributed by atoms with van der Waals surface area (Å²) in [4.78, 5) is 19.9. The predicted octanol–water partition coefficient (Wildman–Crippen LogP) is 3.00. The first-order valence-corrected chi connectivity index (χ1v) is 7.30. The number of aryl methyl sites for hydroxylation is 1. The highest BCUT2D eigenvalue weighted by molar-refractivity contribution is 7.99. The fourth-order valence-corrected chi connectivity index (χ4v) is 2.28. The third kappa shape index (κ3) is 4.20. The SMILES string of the molecule is CCOC(=O)/C(C#N)=C/c1ccc(Sc2nccc(C)n2)o1. The van der Waals surface area contributed by atoms with Crippen LogP contribution in [0.5, 0.6) is 0 Å². The highest BCUT2D eigenvalue weighted by Crippen LogP contribution is 2.27. The molecule has 0 unspecified atom stereocenters. The molecule has 0 N–H and O–H groups in total. The van der Waals surface area contributed by atoms with Gasteiger partial charge in [0.1, 0.15) is 17.4 Å². The summed E-state index contributed by atoms with van der Waals surface area (Å²) in [5.41, 5.74) is 0.748. The summed E-state index contributed by atoms with van der Waals surface area (Å²) >= 11 is 1.26. The fourth-order valence-electron chi connectivity index (χ4n) is 1.52. The maximum atomic E-state index is 11.5. The molecule has 2 aromatic heterocycles. The Kier molecular flexibility index (Phi) is 5.33. The number of esters is 1. The Morgan fingerprint density at radius 1 is 1.50 bits per heavy atom. The Morgan fingerprint density at radius 2 is 2.32 bits per heavy atom. The highest BCUT2D eigenvalue weighted by atomic mass is 32.2. The standard InChI is InChI=1S/C15H13N3O3S/c1-3-20-14(19)11(9-16)8-12-4-5-13(21-12)22-15-17-7-6-10(2)18-15/h4-8H,3H2,1-2H3/b11-8+. The van der Waals surface area contributed by atoms with Gasteiger partial charge in [0.05, 0.1) is 6.61 Å². The minimum atomic E-state index is -0.669. The van der Waals surface area contributed by atoms with Crippen LogP contribution in [0.15, 0.2) is 44.6 Å². The van der Waals surface area contributed by atoms with Crippen molar-refractivity contribution in [2.45, 2.75) is 24.1 Å². The Hall–Kier alpha value is -2.59. The maximum Gasteiger partial charge on any atom is 0.349 e. The van der Waals surface area contributed by atoms with Crippen LogP contribution in [0.3, 0.4) is 0 Å². The lowest BCUT2D eigenvalue weighted by atomic mass is 10.2. The van der Waals surface area contributed by atoms with Crippen molar-refractivity contribution in [3.05, 3.63) is 41.4 Å². The molecular formula is C15H13N3O3S. The largest absolute Gasteiger partial charge is 0.462 e. The summed E-state index contributed by atoms with van der Waals surface area (Å²) < 4.78 is 10.3. The van der Waals surface area contributed by atoms with Crippen LogP contribution >= 0.6 is 11.8 Å². The van der Waals surface area contributed by atoms with Gasteiger partial charge in [-0.3, -0.25) is 0 Å². The van der Waals surface area contributed by atoms with Gasteiger partial charge in [-0.15, -0.1) is 0 Å². The number of rotatable bonds is 5. The number of carbonyl (C=O) groups is 1. The molecule has 0 bridgehead atoms. The zero-order valence-corrected chi connectivity index (χ0v) is 12.9. The van der Waals surface area contributed by atoms with E-state index in [9.17, 15) is 4.79 Å². The molecule has 0 spiro atoms. The molecule has 6 nitrogen and oxygen atoms in total. The molecule has 0 saturated carbocycles. The minimum Gasteiger partial charge on any atom is -0.462 e. The van der Waals surface area contributed by atoms with E-state index in [0.29, 0.717) is 16.0 Å². The van der Waals surface area contributed by atoms with Gasteiger partial charge in [0, 0.05) is 18.0 Å². The first kappa shape index (κ1) is 15.8. The lowest BCUT2D eigenvalue weighted by molar-refractivity contribution is -0.137. The first-order chi connectivity index (χ1) is 10.6. The molecule has 0 saturated heterocycles. The van der Waals surface area contributed by atoms with E-state index in [-0.39, 0.29) is 12.2 Å². The van der Waals surface area contributed by atoms with E-state index in [2.05, 4.69) is 9.97 Å². The lowest BCUT2D eigenvalue weighted by Crippen LogP contribution is -2.05. The molecule has 22 heavy (non-hydrogen) atoms. The van der Waals surface area contributed by atoms with Crippen molar-refractivity contribution in [3.8, 4) is 6.07 Å². The Balaban J connectivity index is 2.14. The molecule has 0 fully saturated rings. The van der Waals surface area contributed by atoms with Crippen molar-refractivity contribution in [3.63, 3.8) is 0 Å². The lowest BCUT2D eigenvalue weighted by Gasteiger charge is -1.98. The van der Waals surface area contributed by atoms with Crippen molar-refractivity contribution in [1.82, 2.24) is 9.97 Å². The van der Waals surface area contributed by atoms with Crippen LogP contribution < -0.4 is 0 Å². The molecule has 0 aliphatic heterocycles. The van der Waals surface area contributed by atoms with E-state index < -0.39 is 5.97 Å². The van der Waals surface area contributed by atoms with Gasteiger partial charge in [-0.1, -0.05) is 0 Å². The van der Waals surface area contributed by atoms with Gasteiger partial charge in [0.15, 0.2) is 10.2 Å². The van der Waals surface area contributed by atoms with E-state index in [1.165, 1.54) is 17.8 Å². The molecule has 2 rings (SSSR count). The van der Waals surface area contributed by atoms with Gasteiger partial charge in [-0.2, -0.15) is 5.26 Å². The van der Waals surface area contributed by atoms with Crippen molar-refractivity contribution in [1.29, 1.82) is 5.26 Å². The van der Waals surface area contributed by atoms with Crippen molar-refractivity contribution < 1.29 is 13.9 Å². The number of hydrogen-bond donors (Lipinski definition) is 0. The van der Waals surface area contributed by atoms with Crippen molar-refractivity contribution >= 4 is 23.8 Å². The summed E-state index contributed by atoms with van der Waals surface area (Å²) in [6.45, 7) is 3.76. The third-order valence-electron chi connectivity index (χ3n) is 2.47. The van der Waals surface area contributed by atoms with E-state index in [1.807, 2.05) is 6.92 Å². The predicted molar refractivity (Wildman–Crippen MR) is 79.8 cm³/mol. The smallest absolute Gasteiger partial charge is 0.349 e. The average Bonchev–Trinajstić information content (AvgIpc) is 2.92. The number of carbonyl (C=O) groups excluding carboxylic acids is 1. The van der Waals surface area contributed by atoms with Crippen LogP contribution in [-0.4, -0.2) is 22.5 Å². The average molecular weight is 315 g/mol. The quantitative estimate of drug-likeness (QED) is 0.362. The molecule has 112 valence electrons. The molecule has 2 aromatic rings. The second-order valence-electron chi connectivity index (χ2n) is 4.13. The summed E-state index contributed by atoms with van der Waals surface area (Å²) in [7, 11) is 0.